The summed E-state index contributed by atoms with van der Waals surface area (Å²) in [6.45, 7) is 5.66. The Morgan fingerprint density at radius 1 is 1.28 bits per heavy atom. The first-order valence-electron chi connectivity index (χ1n) is 6.26. The Balaban J connectivity index is 1.74. The van der Waals surface area contributed by atoms with Crippen LogP contribution in [0.2, 0.25) is 0 Å². The van der Waals surface area contributed by atoms with E-state index in [1.54, 1.807) is 11.3 Å². The highest BCUT2D eigenvalue weighted by molar-refractivity contribution is 7.22. The van der Waals surface area contributed by atoms with Crippen LogP contribution in [0.5, 0.6) is 0 Å². The van der Waals surface area contributed by atoms with Crippen LogP contribution in [0.3, 0.4) is 0 Å². The van der Waals surface area contributed by atoms with Crippen LogP contribution in [0, 0.1) is 0 Å². The fourth-order valence-electron chi connectivity index (χ4n) is 2.35. The second-order valence-corrected chi connectivity index (χ2v) is 6.00. The van der Waals surface area contributed by atoms with Crippen molar-refractivity contribution in [1.82, 2.24) is 14.8 Å². The minimum atomic E-state index is 0.654. The molecule has 0 atom stereocenters. The lowest BCUT2D eigenvalue weighted by Gasteiger charge is -2.32. The van der Waals surface area contributed by atoms with Crippen LogP contribution in [0.25, 0.3) is 10.2 Å². The van der Waals surface area contributed by atoms with Gasteiger partial charge in [0.2, 0.25) is 0 Å². The molecule has 1 aliphatic heterocycles. The Labute approximate surface area is 111 Å². The summed E-state index contributed by atoms with van der Waals surface area (Å²) in [5, 5.41) is 0.654. The van der Waals surface area contributed by atoms with E-state index in [2.05, 4.69) is 40.0 Å². The highest BCUT2D eigenvalue weighted by Gasteiger charge is 2.14. The maximum atomic E-state index is 5.73. The van der Waals surface area contributed by atoms with Gasteiger partial charge in [-0.25, -0.2) is 4.98 Å². The van der Waals surface area contributed by atoms with E-state index in [1.165, 1.54) is 10.3 Å². The molecule has 0 aliphatic carbocycles. The zero-order valence-electron chi connectivity index (χ0n) is 10.6. The quantitative estimate of drug-likeness (QED) is 0.893. The molecule has 3 rings (SSSR count). The Hall–Kier alpha value is -1.17. The molecule has 1 saturated heterocycles. The van der Waals surface area contributed by atoms with E-state index in [4.69, 9.17) is 5.73 Å². The van der Waals surface area contributed by atoms with Crippen molar-refractivity contribution >= 4 is 26.7 Å². The molecular weight excluding hydrogens is 244 g/mol. The van der Waals surface area contributed by atoms with Gasteiger partial charge in [-0.05, 0) is 24.7 Å². The van der Waals surface area contributed by atoms with Crippen molar-refractivity contribution in [3.05, 3.63) is 23.8 Å². The molecule has 0 amide bonds. The summed E-state index contributed by atoms with van der Waals surface area (Å²) in [5.41, 5.74) is 8.10. The summed E-state index contributed by atoms with van der Waals surface area (Å²) in [6.07, 6.45) is 0. The highest BCUT2D eigenvalue weighted by Crippen LogP contribution is 2.25. The molecule has 2 heterocycles. The molecule has 0 spiro atoms. The molecule has 96 valence electrons. The number of likely N-dealkylation sites (N-methyl/N-ethyl adjacent to an activating group) is 1. The number of hydrogen-bond donors (Lipinski definition) is 1. The Morgan fingerprint density at radius 2 is 2.06 bits per heavy atom. The third-order valence-electron chi connectivity index (χ3n) is 3.47. The predicted molar refractivity (Wildman–Crippen MR) is 76.8 cm³/mol. The third kappa shape index (κ3) is 2.48. The minimum Gasteiger partial charge on any atom is -0.375 e. The molecule has 1 aliphatic rings. The van der Waals surface area contributed by atoms with Crippen molar-refractivity contribution in [2.45, 2.75) is 6.54 Å². The summed E-state index contributed by atoms with van der Waals surface area (Å²) >= 11 is 1.57. The second kappa shape index (κ2) is 4.84. The van der Waals surface area contributed by atoms with Crippen LogP contribution in [0.1, 0.15) is 5.56 Å². The number of nitrogens with two attached hydrogens (primary N) is 1. The topological polar surface area (TPSA) is 45.4 Å². The number of piperazine rings is 1. The molecule has 4 nitrogen and oxygen atoms in total. The van der Waals surface area contributed by atoms with Gasteiger partial charge in [0, 0.05) is 32.7 Å². The number of benzene rings is 1. The lowest BCUT2D eigenvalue weighted by molar-refractivity contribution is 0.148. The first-order chi connectivity index (χ1) is 8.70. The Kier molecular flexibility index (Phi) is 3.20. The van der Waals surface area contributed by atoms with E-state index in [1.807, 2.05) is 0 Å². The predicted octanol–water partition coefficient (Wildman–Crippen LogP) is 1.63. The monoisotopic (exact) mass is 262 g/mol. The van der Waals surface area contributed by atoms with Crippen molar-refractivity contribution in [2.24, 2.45) is 0 Å². The van der Waals surface area contributed by atoms with E-state index in [0.29, 0.717) is 5.13 Å². The summed E-state index contributed by atoms with van der Waals surface area (Å²) < 4.78 is 1.19. The van der Waals surface area contributed by atoms with Crippen LogP contribution in [0.4, 0.5) is 5.13 Å². The molecule has 0 bridgehead atoms. The minimum absolute atomic E-state index is 0.654. The van der Waals surface area contributed by atoms with Crippen LogP contribution in [0.15, 0.2) is 18.2 Å². The third-order valence-corrected chi connectivity index (χ3v) is 4.32. The van der Waals surface area contributed by atoms with E-state index in [0.717, 1.165) is 38.2 Å². The fourth-order valence-corrected chi connectivity index (χ4v) is 3.15. The number of hydrogen-bond acceptors (Lipinski definition) is 5. The number of rotatable bonds is 2. The first-order valence-corrected chi connectivity index (χ1v) is 7.08. The van der Waals surface area contributed by atoms with E-state index < -0.39 is 0 Å². The Morgan fingerprint density at radius 3 is 2.83 bits per heavy atom. The zero-order chi connectivity index (χ0) is 12.5. The zero-order valence-corrected chi connectivity index (χ0v) is 11.4. The summed E-state index contributed by atoms with van der Waals surface area (Å²) in [5.74, 6) is 0. The number of nitrogens with zero attached hydrogens (tertiary/aromatic N) is 3. The number of anilines is 1. The van der Waals surface area contributed by atoms with Gasteiger partial charge in [-0.2, -0.15) is 0 Å². The van der Waals surface area contributed by atoms with Gasteiger partial charge < -0.3 is 10.6 Å². The lowest BCUT2D eigenvalue weighted by Crippen LogP contribution is -2.43. The summed E-state index contributed by atoms with van der Waals surface area (Å²) in [4.78, 5) is 9.17. The summed E-state index contributed by atoms with van der Waals surface area (Å²) in [6, 6.07) is 6.47. The molecule has 1 fully saturated rings. The van der Waals surface area contributed by atoms with Crippen molar-refractivity contribution < 1.29 is 0 Å². The van der Waals surface area contributed by atoms with Crippen LogP contribution < -0.4 is 5.73 Å². The van der Waals surface area contributed by atoms with Crippen LogP contribution in [-0.2, 0) is 6.54 Å². The molecule has 2 N–H and O–H groups in total. The van der Waals surface area contributed by atoms with Gasteiger partial charge >= 0.3 is 0 Å². The van der Waals surface area contributed by atoms with E-state index in [-0.39, 0.29) is 0 Å². The maximum Gasteiger partial charge on any atom is 0.181 e. The molecule has 0 saturated carbocycles. The molecule has 1 aromatic carbocycles. The maximum absolute atomic E-state index is 5.73. The second-order valence-electron chi connectivity index (χ2n) is 4.93. The SMILES string of the molecule is CN1CCN(Cc2ccc3nc(N)sc3c2)CC1. The molecule has 2 aromatic rings. The average Bonchev–Trinajstić information content (AvgIpc) is 2.71. The van der Waals surface area contributed by atoms with Crippen molar-refractivity contribution in [1.29, 1.82) is 0 Å². The Bertz CT molecular complexity index is 543. The van der Waals surface area contributed by atoms with Crippen molar-refractivity contribution in [2.75, 3.05) is 39.0 Å². The standard InChI is InChI=1S/C13H18N4S/c1-16-4-6-17(7-5-16)9-10-2-3-11-12(8-10)18-13(14)15-11/h2-3,8H,4-7,9H2,1H3,(H2,14,15). The first kappa shape index (κ1) is 11.9. The number of aromatic nitrogens is 1. The number of nitrogen functional groups attached to an aromatic ring is 1. The molecule has 18 heavy (non-hydrogen) atoms. The van der Waals surface area contributed by atoms with Crippen LogP contribution in [-0.4, -0.2) is 48.0 Å². The van der Waals surface area contributed by atoms with Crippen LogP contribution >= 0.6 is 11.3 Å². The number of thiazole rings is 1. The van der Waals surface area contributed by atoms with Gasteiger partial charge in [-0.15, -0.1) is 0 Å². The fraction of sp³-hybridized carbons (Fsp3) is 0.462. The van der Waals surface area contributed by atoms with Gasteiger partial charge in [0.15, 0.2) is 5.13 Å². The van der Waals surface area contributed by atoms with Gasteiger partial charge in [0.1, 0.15) is 0 Å². The normalized spacial score (nSPS) is 18.5. The van der Waals surface area contributed by atoms with Gasteiger partial charge in [-0.3, -0.25) is 4.90 Å². The van der Waals surface area contributed by atoms with Crippen molar-refractivity contribution in [3.63, 3.8) is 0 Å². The van der Waals surface area contributed by atoms with Gasteiger partial charge in [0.05, 0.1) is 10.2 Å². The molecule has 5 heteroatoms. The van der Waals surface area contributed by atoms with E-state index >= 15 is 0 Å². The van der Waals surface area contributed by atoms with Gasteiger partial charge in [-0.1, -0.05) is 17.4 Å². The summed E-state index contributed by atoms with van der Waals surface area (Å²) in [7, 11) is 2.18. The molecule has 0 radical (unpaired) electrons. The van der Waals surface area contributed by atoms with E-state index in [9.17, 15) is 0 Å². The molecule has 0 unspecified atom stereocenters. The van der Waals surface area contributed by atoms with Crippen molar-refractivity contribution in [3.8, 4) is 0 Å². The lowest BCUT2D eigenvalue weighted by atomic mass is 10.2. The number of fused-ring (bicyclic) bond motifs is 1. The smallest absolute Gasteiger partial charge is 0.181 e. The molecular formula is C13H18N4S. The largest absolute Gasteiger partial charge is 0.375 e. The molecule has 1 aromatic heterocycles. The van der Waals surface area contributed by atoms with Gasteiger partial charge in [0.25, 0.3) is 0 Å². The highest BCUT2D eigenvalue weighted by atomic mass is 32.1. The average molecular weight is 262 g/mol.